The molecule has 0 saturated carbocycles. The van der Waals surface area contributed by atoms with Crippen LogP contribution in [0.4, 0.5) is 0 Å². The highest BCUT2D eigenvalue weighted by molar-refractivity contribution is 7.12. The summed E-state index contributed by atoms with van der Waals surface area (Å²) in [6.07, 6.45) is 3.32. The van der Waals surface area contributed by atoms with E-state index in [1.807, 2.05) is 13.8 Å². The Morgan fingerprint density at radius 2 is 2.15 bits per heavy atom. The average Bonchev–Trinajstić information content (AvgIpc) is 2.54. The summed E-state index contributed by atoms with van der Waals surface area (Å²) in [6, 6.07) is 4.21. The zero-order valence-corrected chi connectivity index (χ0v) is 9.28. The maximum absolute atomic E-state index is 10.8. The van der Waals surface area contributed by atoms with Crippen LogP contribution < -0.4 is 0 Å². The molecule has 1 heterocycles. The van der Waals surface area contributed by atoms with Gasteiger partial charge in [0.15, 0.2) is 0 Å². The number of thiophene rings is 1. The SMILES string of the molecule is CCCc1ccc(C(C)(C)C=O)s1. The lowest BCUT2D eigenvalue weighted by Crippen LogP contribution is -2.16. The molecular weight excluding hydrogens is 180 g/mol. The third kappa shape index (κ3) is 2.41. The summed E-state index contributed by atoms with van der Waals surface area (Å²) < 4.78 is 0. The van der Waals surface area contributed by atoms with Crippen molar-refractivity contribution in [2.75, 3.05) is 0 Å². The fraction of sp³-hybridized carbons (Fsp3) is 0.545. The van der Waals surface area contributed by atoms with E-state index in [4.69, 9.17) is 0 Å². The molecule has 0 N–H and O–H groups in total. The van der Waals surface area contributed by atoms with Crippen LogP contribution in [-0.4, -0.2) is 6.29 Å². The number of hydrogen-bond acceptors (Lipinski definition) is 2. The van der Waals surface area contributed by atoms with Gasteiger partial charge in [-0.05, 0) is 32.4 Å². The van der Waals surface area contributed by atoms with E-state index < -0.39 is 0 Å². The van der Waals surface area contributed by atoms with Gasteiger partial charge in [-0.1, -0.05) is 13.3 Å². The fourth-order valence-electron chi connectivity index (χ4n) is 1.16. The van der Waals surface area contributed by atoms with Gasteiger partial charge in [-0.25, -0.2) is 0 Å². The van der Waals surface area contributed by atoms with Crippen LogP contribution in [0.15, 0.2) is 12.1 Å². The Kier molecular flexibility index (Phi) is 3.26. The first-order valence-corrected chi connectivity index (χ1v) is 5.47. The quantitative estimate of drug-likeness (QED) is 0.676. The van der Waals surface area contributed by atoms with Gasteiger partial charge in [0.2, 0.25) is 0 Å². The molecule has 0 amide bonds. The monoisotopic (exact) mass is 196 g/mol. The maximum atomic E-state index is 10.8. The molecule has 72 valence electrons. The second-order valence-electron chi connectivity index (χ2n) is 3.86. The Morgan fingerprint density at radius 3 is 2.69 bits per heavy atom. The molecule has 0 aliphatic heterocycles. The Hall–Kier alpha value is -0.630. The molecule has 1 nitrogen and oxygen atoms in total. The van der Waals surface area contributed by atoms with E-state index in [1.165, 1.54) is 16.2 Å². The highest BCUT2D eigenvalue weighted by Gasteiger charge is 2.21. The highest BCUT2D eigenvalue weighted by Crippen LogP contribution is 2.28. The van der Waals surface area contributed by atoms with Gasteiger partial charge in [-0.15, -0.1) is 11.3 Å². The van der Waals surface area contributed by atoms with Crippen molar-refractivity contribution in [3.05, 3.63) is 21.9 Å². The van der Waals surface area contributed by atoms with Crippen molar-refractivity contribution >= 4 is 17.6 Å². The topological polar surface area (TPSA) is 17.1 Å². The van der Waals surface area contributed by atoms with Crippen LogP contribution in [0.5, 0.6) is 0 Å². The molecule has 0 spiro atoms. The van der Waals surface area contributed by atoms with Gasteiger partial charge in [0.1, 0.15) is 6.29 Å². The molecule has 0 saturated heterocycles. The average molecular weight is 196 g/mol. The van der Waals surface area contributed by atoms with Crippen molar-refractivity contribution in [3.63, 3.8) is 0 Å². The molecule has 0 aromatic carbocycles. The van der Waals surface area contributed by atoms with Gasteiger partial charge in [-0.2, -0.15) is 0 Å². The Balaban J connectivity index is 2.85. The number of carbonyl (C=O) groups is 1. The maximum Gasteiger partial charge on any atom is 0.130 e. The van der Waals surface area contributed by atoms with E-state index in [-0.39, 0.29) is 5.41 Å². The molecule has 1 aromatic rings. The molecule has 0 atom stereocenters. The van der Waals surface area contributed by atoms with Gasteiger partial charge in [0.05, 0.1) is 5.41 Å². The first-order valence-electron chi connectivity index (χ1n) is 4.65. The van der Waals surface area contributed by atoms with Gasteiger partial charge in [0, 0.05) is 9.75 Å². The Bertz CT molecular complexity index is 286. The molecule has 0 fully saturated rings. The molecule has 0 bridgehead atoms. The molecular formula is C11H16OS. The lowest BCUT2D eigenvalue weighted by atomic mass is 9.94. The lowest BCUT2D eigenvalue weighted by Gasteiger charge is -2.13. The molecule has 2 heteroatoms. The lowest BCUT2D eigenvalue weighted by molar-refractivity contribution is -0.111. The van der Waals surface area contributed by atoms with Crippen molar-refractivity contribution in [1.29, 1.82) is 0 Å². The first-order chi connectivity index (χ1) is 6.10. The summed E-state index contributed by atoms with van der Waals surface area (Å²) in [6.45, 7) is 6.09. The van der Waals surface area contributed by atoms with Crippen molar-refractivity contribution in [3.8, 4) is 0 Å². The number of aryl methyl sites for hydroxylation is 1. The Morgan fingerprint density at radius 1 is 1.46 bits per heavy atom. The van der Waals surface area contributed by atoms with E-state index in [1.54, 1.807) is 11.3 Å². The smallest absolute Gasteiger partial charge is 0.130 e. The highest BCUT2D eigenvalue weighted by atomic mass is 32.1. The molecule has 13 heavy (non-hydrogen) atoms. The molecule has 1 rings (SSSR count). The fourth-order valence-corrected chi connectivity index (χ4v) is 2.34. The van der Waals surface area contributed by atoms with Gasteiger partial charge in [0.25, 0.3) is 0 Å². The summed E-state index contributed by atoms with van der Waals surface area (Å²) >= 11 is 1.76. The van der Waals surface area contributed by atoms with Crippen LogP contribution in [0.1, 0.15) is 36.9 Å². The summed E-state index contributed by atoms with van der Waals surface area (Å²) in [7, 11) is 0. The van der Waals surface area contributed by atoms with Gasteiger partial charge >= 0.3 is 0 Å². The standard InChI is InChI=1S/C11H16OS/c1-4-5-9-6-7-10(13-9)11(2,3)8-12/h6-8H,4-5H2,1-3H3. The van der Waals surface area contributed by atoms with Crippen LogP contribution in [-0.2, 0) is 16.6 Å². The molecule has 1 aromatic heterocycles. The number of carbonyl (C=O) groups excluding carboxylic acids is 1. The molecule has 0 radical (unpaired) electrons. The first kappa shape index (κ1) is 10.5. The van der Waals surface area contributed by atoms with E-state index in [0.29, 0.717) is 0 Å². The minimum atomic E-state index is -0.309. The zero-order valence-electron chi connectivity index (χ0n) is 8.46. The summed E-state index contributed by atoms with van der Waals surface area (Å²) in [5.41, 5.74) is -0.309. The predicted octanol–water partition coefficient (Wildman–Crippen LogP) is 3.18. The molecule has 0 aliphatic rings. The molecule has 0 unspecified atom stereocenters. The largest absolute Gasteiger partial charge is 0.302 e. The van der Waals surface area contributed by atoms with Crippen molar-refractivity contribution < 1.29 is 4.79 Å². The Labute approximate surface area is 83.8 Å². The van der Waals surface area contributed by atoms with E-state index in [0.717, 1.165) is 12.7 Å². The predicted molar refractivity (Wildman–Crippen MR) is 57.4 cm³/mol. The number of hydrogen-bond donors (Lipinski definition) is 0. The third-order valence-corrected chi connectivity index (χ3v) is 3.57. The van der Waals surface area contributed by atoms with Crippen LogP contribution in [0, 0.1) is 0 Å². The second-order valence-corrected chi connectivity index (χ2v) is 5.02. The van der Waals surface area contributed by atoms with E-state index in [9.17, 15) is 4.79 Å². The normalized spacial score (nSPS) is 11.6. The third-order valence-electron chi connectivity index (χ3n) is 2.09. The summed E-state index contributed by atoms with van der Waals surface area (Å²) in [4.78, 5) is 13.4. The summed E-state index contributed by atoms with van der Waals surface area (Å²) in [5, 5.41) is 0. The van der Waals surface area contributed by atoms with E-state index >= 15 is 0 Å². The van der Waals surface area contributed by atoms with Gasteiger partial charge < -0.3 is 4.79 Å². The van der Waals surface area contributed by atoms with Crippen LogP contribution >= 0.6 is 11.3 Å². The van der Waals surface area contributed by atoms with Crippen molar-refractivity contribution in [2.45, 2.75) is 39.0 Å². The minimum absolute atomic E-state index is 0.309. The van der Waals surface area contributed by atoms with E-state index in [2.05, 4.69) is 19.1 Å². The van der Waals surface area contributed by atoms with Crippen molar-refractivity contribution in [1.82, 2.24) is 0 Å². The second kappa shape index (κ2) is 4.05. The van der Waals surface area contributed by atoms with Crippen LogP contribution in [0.3, 0.4) is 0 Å². The summed E-state index contributed by atoms with van der Waals surface area (Å²) in [5.74, 6) is 0. The number of aldehydes is 1. The number of rotatable bonds is 4. The van der Waals surface area contributed by atoms with Crippen LogP contribution in [0.2, 0.25) is 0 Å². The molecule has 0 aliphatic carbocycles. The van der Waals surface area contributed by atoms with Crippen LogP contribution in [0.25, 0.3) is 0 Å². The zero-order chi connectivity index (χ0) is 9.90. The van der Waals surface area contributed by atoms with Crippen molar-refractivity contribution in [2.24, 2.45) is 0 Å². The minimum Gasteiger partial charge on any atom is -0.302 e. The van der Waals surface area contributed by atoms with Gasteiger partial charge in [-0.3, -0.25) is 0 Å².